The van der Waals surface area contributed by atoms with Crippen LogP contribution in [0.25, 0.3) is 10.4 Å². The van der Waals surface area contributed by atoms with Crippen molar-refractivity contribution < 1.29 is 14.2 Å². The predicted octanol–water partition coefficient (Wildman–Crippen LogP) is 3.40. The van der Waals surface area contributed by atoms with Crippen molar-refractivity contribution in [2.45, 2.75) is 32.9 Å². The molecule has 1 amide bonds. The summed E-state index contributed by atoms with van der Waals surface area (Å²) in [5, 5.41) is 12.3. The number of nitrogens with zero attached hydrogens (tertiary/aromatic N) is 3. The molecule has 7 nitrogen and oxygen atoms in total. The number of benzene rings is 1. The second-order valence-electron chi connectivity index (χ2n) is 7.14. The maximum atomic E-state index is 12.2. The molecular weight excluding hydrogens is 388 g/mol. The Balaban J connectivity index is 1.42. The average molecular weight is 413 g/mol. The normalized spacial score (nSPS) is 14.2. The van der Waals surface area contributed by atoms with E-state index in [0.29, 0.717) is 11.4 Å². The molecule has 3 heterocycles. The van der Waals surface area contributed by atoms with Gasteiger partial charge in [0, 0.05) is 17.0 Å². The number of thiophene rings is 1. The molecule has 1 N–H and O–H groups in total. The Kier molecular flexibility index (Phi) is 6.21. The van der Waals surface area contributed by atoms with Gasteiger partial charge < -0.3 is 10.1 Å². The van der Waals surface area contributed by atoms with E-state index in [1.807, 2.05) is 6.07 Å². The van der Waals surface area contributed by atoms with Crippen LogP contribution in [0.5, 0.6) is 5.75 Å². The zero-order chi connectivity index (χ0) is 20.1. The highest BCUT2D eigenvalue weighted by Crippen LogP contribution is 2.31. The smallest absolute Gasteiger partial charge is 0.258 e. The maximum Gasteiger partial charge on any atom is 0.258 e. The number of amides is 1. The first-order valence-electron chi connectivity index (χ1n) is 9.76. The second kappa shape index (κ2) is 9.19. The van der Waals surface area contributed by atoms with Crippen molar-refractivity contribution in [2.75, 3.05) is 19.7 Å². The van der Waals surface area contributed by atoms with Gasteiger partial charge in [-0.15, -0.1) is 11.3 Å². The van der Waals surface area contributed by atoms with Crippen LogP contribution >= 0.6 is 11.3 Å². The summed E-state index contributed by atoms with van der Waals surface area (Å²) in [6, 6.07) is 10.4. The number of rotatable bonds is 8. The highest BCUT2D eigenvalue weighted by Gasteiger charge is 2.16. The Morgan fingerprint density at radius 1 is 1.28 bits per heavy atom. The SMILES string of the molecule is Cc1nonc1CNC(=O)COc1ccc(-c2cccs2)cc1CN1CCCC1. The molecule has 0 spiro atoms. The molecule has 29 heavy (non-hydrogen) atoms. The van der Waals surface area contributed by atoms with E-state index in [0.717, 1.165) is 30.9 Å². The molecule has 0 atom stereocenters. The summed E-state index contributed by atoms with van der Waals surface area (Å²) < 4.78 is 10.5. The highest BCUT2D eigenvalue weighted by atomic mass is 32.1. The van der Waals surface area contributed by atoms with Gasteiger partial charge in [0.2, 0.25) is 0 Å². The van der Waals surface area contributed by atoms with E-state index in [4.69, 9.17) is 4.74 Å². The van der Waals surface area contributed by atoms with E-state index in [9.17, 15) is 4.79 Å². The van der Waals surface area contributed by atoms with E-state index in [2.05, 4.69) is 54.8 Å². The minimum atomic E-state index is -0.207. The predicted molar refractivity (Wildman–Crippen MR) is 111 cm³/mol. The number of hydrogen-bond acceptors (Lipinski definition) is 7. The lowest BCUT2D eigenvalue weighted by Gasteiger charge is -2.18. The lowest BCUT2D eigenvalue weighted by molar-refractivity contribution is -0.123. The van der Waals surface area contributed by atoms with Gasteiger partial charge in [0.15, 0.2) is 6.61 Å². The maximum absolute atomic E-state index is 12.2. The quantitative estimate of drug-likeness (QED) is 0.611. The third kappa shape index (κ3) is 5.02. The molecule has 152 valence electrons. The third-order valence-electron chi connectivity index (χ3n) is 5.02. The van der Waals surface area contributed by atoms with Gasteiger partial charge in [0.1, 0.15) is 17.1 Å². The molecule has 1 aliphatic heterocycles. The van der Waals surface area contributed by atoms with E-state index >= 15 is 0 Å². The molecule has 1 saturated heterocycles. The summed E-state index contributed by atoms with van der Waals surface area (Å²) >= 11 is 1.72. The second-order valence-corrected chi connectivity index (χ2v) is 8.09. The molecule has 3 aromatic rings. The van der Waals surface area contributed by atoms with Gasteiger partial charge in [-0.2, -0.15) is 0 Å². The summed E-state index contributed by atoms with van der Waals surface area (Å²) in [6.45, 7) is 5.06. The number of aryl methyl sites for hydroxylation is 1. The number of nitrogens with one attached hydrogen (secondary N) is 1. The summed E-state index contributed by atoms with van der Waals surface area (Å²) in [7, 11) is 0. The van der Waals surface area contributed by atoms with Gasteiger partial charge >= 0.3 is 0 Å². The molecule has 0 saturated carbocycles. The zero-order valence-electron chi connectivity index (χ0n) is 16.4. The lowest BCUT2D eigenvalue weighted by atomic mass is 10.1. The standard InChI is InChI=1S/C21H24N4O3S/c1-15-18(24-28-23-15)12-22-21(26)14-27-19-7-6-16(20-5-4-10-29-20)11-17(19)13-25-8-2-3-9-25/h4-7,10-11H,2-3,8-9,12-14H2,1H3,(H,22,26). The van der Waals surface area contributed by atoms with Gasteiger partial charge in [-0.05, 0) is 68.1 Å². The van der Waals surface area contributed by atoms with Gasteiger partial charge in [-0.25, -0.2) is 4.63 Å². The first kappa shape index (κ1) is 19.6. The molecule has 8 heteroatoms. The summed E-state index contributed by atoms with van der Waals surface area (Å²) in [5.41, 5.74) is 3.58. The van der Waals surface area contributed by atoms with Crippen molar-refractivity contribution in [1.82, 2.24) is 20.5 Å². The van der Waals surface area contributed by atoms with Crippen LogP contribution in [0.3, 0.4) is 0 Å². The topological polar surface area (TPSA) is 80.5 Å². The van der Waals surface area contributed by atoms with Crippen molar-refractivity contribution in [3.63, 3.8) is 0 Å². The van der Waals surface area contributed by atoms with E-state index in [-0.39, 0.29) is 19.1 Å². The fraction of sp³-hybridized carbons (Fsp3) is 0.381. The van der Waals surface area contributed by atoms with Crippen LogP contribution in [-0.2, 0) is 17.9 Å². The molecule has 1 aliphatic rings. The molecule has 1 aromatic carbocycles. The van der Waals surface area contributed by atoms with Crippen LogP contribution in [0, 0.1) is 6.92 Å². The van der Waals surface area contributed by atoms with Crippen molar-refractivity contribution in [2.24, 2.45) is 0 Å². The number of hydrogen-bond donors (Lipinski definition) is 1. The molecule has 4 rings (SSSR count). The molecule has 0 radical (unpaired) electrons. The number of likely N-dealkylation sites (tertiary alicyclic amines) is 1. The molecule has 1 fully saturated rings. The number of aromatic nitrogens is 2. The lowest BCUT2D eigenvalue weighted by Crippen LogP contribution is -2.29. The van der Waals surface area contributed by atoms with Crippen LogP contribution in [0.1, 0.15) is 29.8 Å². The Morgan fingerprint density at radius 3 is 2.86 bits per heavy atom. The first-order valence-corrected chi connectivity index (χ1v) is 10.6. The van der Waals surface area contributed by atoms with Crippen LogP contribution < -0.4 is 10.1 Å². The minimum absolute atomic E-state index is 0.0460. The van der Waals surface area contributed by atoms with Gasteiger partial charge in [-0.3, -0.25) is 9.69 Å². The van der Waals surface area contributed by atoms with Crippen molar-refractivity contribution in [3.8, 4) is 16.2 Å². The molecule has 0 aliphatic carbocycles. The van der Waals surface area contributed by atoms with Crippen molar-refractivity contribution in [3.05, 3.63) is 52.7 Å². The summed E-state index contributed by atoms with van der Waals surface area (Å²) in [6.07, 6.45) is 2.47. The van der Waals surface area contributed by atoms with Gasteiger partial charge in [-0.1, -0.05) is 16.4 Å². The summed E-state index contributed by atoms with van der Waals surface area (Å²) in [4.78, 5) is 15.9. The minimum Gasteiger partial charge on any atom is -0.483 e. The van der Waals surface area contributed by atoms with Gasteiger partial charge in [0.25, 0.3) is 5.91 Å². The fourth-order valence-electron chi connectivity index (χ4n) is 3.41. The Hall–Kier alpha value is -2.71. The Bertz CT molecular complexity index is 949. The first-order chi connectivity index (χ1) is 14.2. The Labute approximate surface area is 173 Å². The fourth-order valence-corrected chi connectivity index (χ4v) is 4.13. The number of ether oxygens (including phenoxy) is 1. The number of carbonyl (C=O) groups excluding carboxylic acids is 1. The van der Waals surface area contributed by atoms with E-state index < -0.39 is 0 Å². The molecular formula is C21H24N4O3S. The molecule has 0 bridgehead atoms. The molecule has 2 aromatic heterocycles. The zero-order valence-corrected chi connectivity index (χ0v) is 17.2. The summed E-state index contributed by atoms with van der Waals surface area (Å²) in [5.74, 6) is 0.550. The van der Waals surface area contributed by atoms with E-state index in [1.165, 1.54) is 23.3 Å². The van der Waals surface area contributed by atoms with Crippen LogP contribution in [0.2, 0.25) is 0 Å². The van der Waals surface area contributed by atoms with E-state index in [1.54, 1.807) is 18.3 Å². The van der Waals surface area contributed by atoms with Crippen LogP contribution in [0.15, 0.2) is 40.3 Å². The van der Waals surface area contributed by atoms with Crippen molar-refractivity contribution in [1.29, 1.82) is 0 Å². The van der Waals surface area contributed by atoms with Crippen LogP contribution in [0.4, 0.5) is 0 Å². The average Bonchev–Trinajstić information content (AvgIpc) is 3.49. The van der Waals surface area contributed by atoms with Crippen molar-refractivity contribution >= 4 is 17.2 Å². The third-order valence-corrected chi connectivity index (χ3v) is 5.94. The monoisotopic (exact) mass is 412 g/mol. The Morgan fingerprint density at radius 2 is 2.14 bits per heavy atom. The van der Waals surface area contributed by atoms with Crippen LogP contribution in [-0.4, -0.2) is 40.8 Å². The number of carbonyl (C=O) groups is 1. The van der Waals surface area contributed by atoms with Gasteiger partial charge in [0.05, 0.1) is 6.54 Å². The molecule has 0 unspecified atom stereocenters. The largest absolute Gasteiger partial charge is 0.483 e. The highest BCUT2D eigenvalue weighted by molar-refractivity contribution is 7.13.